The molecule has 1 atom stereocenters. The summed E-state index contributed by atoms with van der Waals surface area (Å²) in [7, 11) is 0. The molecule has 1 aliphatic heterocycles. The van der Waals surface area contributed by atoms with Crippen molar-refractivity contribution in [3.05, 3.63) is 76.5 Å². The Hall–Kier alpha value is -2.77. The number of Topliss-reactive ketones (excluding diaryl/α,β-unsaturated/α-hetero) is 1. The molecule has 0 aliphatic carbocycles. The Bertz CT molecular complexity index is 1170. The fraction of sp³-hybridized carbons (Fsp3) is 0.250. The van der Waals surface area contributed by atoms with Crippen LogP contribution in [0.2, 0.25) is 0 Å². The quantitative estimate of drug-likeness (QED) is 0.474. The lowest BCUT2D eigenvalue weighted by atomic mass is 9.85. The second-order valence-electron chi connectivity index (χ2n) is 6.96. The number of ketones is 1. The molecule has 5 nitrogen and oxygen atoms in total. The lowest BCUT2D eigenvalue weighted by Gasteiger charge is -2.31. The lowest BCUT2D eigenvalue weighted by molar-refractivity contribution is -0.111. The number of anilines is 2. The van der Waals surface area contributed by atoms with Crippen molar-refractivity contribution >= 4 is 46.1 Å². The van der Waals surface area contributed by atoms with E-state index in [2.05, 4.69) is 6.92 Å². The molecule has 3 aromatic rings. The summed E-state index contributed by atoms with van der Waals surface area (Å²) in [5, 5.41) is 6.64. The number of aromatic nitrogens is 1. The number of hydrazone groups is 1. The fourth-order valence-electron chi connectivity index (χ4n) is 3.61. The molecule has 1 aliphatic rings. The van der Waals surface area contributed by atoms with Gasteiger partial charge in [0.1, 0.15) is 10.4 Å². The second-order valence-corrected chi connectivity index (χ2v) is 9.45. The molecule has 0 amide bonds. The Morgan fingerprint density at radius 2 is 1.77 bits per heavy atom. The first kappa shape index (κ1) is 21.5. The van der Waals surface area contributed by atoms with E-state index in [4.69, 9.17) is 15.1 Å². The van der Waals surface area contributed by atoms with Crippen molar-refractivity contribution in [1.82, 2.24) is 4.98 Å². The van der Waals surface area contributed by atoms with E-state index < -0.39 is 0 Å². The van der Waals surface area contributed by atoms with Gasteiger partial charge in [-0.15, -0.1) is 0 Å². The second kappa shape index (κ2) is 9.58. The van der Waals surface area contributed by atoms with Gasteiger partial charge >= 0.3 is 0 Å². The van der Waals surface area contributed by atoms with Gasteiger partial charge in [0.25, 0.3) is 0 Å². The number of rotatable bonds is 6. The average Bonchev–Trinajstić information content (AvgIpc) is 2.79. The maximum absolute atomic E-state index is 12.8. The summed E-state index contributed by atoms with van der Waals surface area (Å²) in [6.07, 6.45) is 0. The van der Waals surface area contributed by atoms with Crippen molar-refractivity contribution < 1.29 is 4.79 Å². The highest BCUT2D eigenvalue weighted by Gasteiger charge is 2.36. The van der Waals surface area contributed by atoms with Crippen LogP contribution < -0.4 is 9.68 Å². The van der Waals surface area contributed by atoms with Crippen LogP contribution in [0.4, 0.5) is 11.5 Å². The monoisotopic (exact) mass is 448 g/mol. The smallest absolute Gasteiger partial charge is 0.176 e. The molecule has 4 rings (SSSR count). The summed E-state index contributed by atoms with van der Waals surface area (Å²) in [6.45, 7) is 6.38. The van der Waals surface area contributed by atoms with Crippen LogP contribution in [0.5, 0.6) is 0 Å². The number of para-hydroxylation sites is 1. The van der Waals surface area contributed by atoms with Crippen molar-refractivity contribution in [2.75, 3.05) is 17.3 Å². The van der Waals surface area contributed by atoms with E-state index in [-0.39, 0.29) is 11.7 Å². The number of benzene rings is 2. The van der Waals surface area contributed by atoms with Crippen LogP contribution in [0.1, 0.15) is 37.8 Å². The van der Waals surface area contributed by atoms with E-state index in [1.54, 1.807) is 35.0 Å². The Kier molecular flexibility index (Phi) is 6.63. The minimum Gasteiger partial charge on any atom is -0.293 e. The first-order valence-electron chi connectivity index (χ1n) is 10.3. The molecular weight excluding hydrogens is 424 g/mol. The highest BCUT2D eigenvalue weighted by molar-refractivity contribution is 8.00. The van der Waals surface area contributed by atoms with Gasteiger partial charge < -0.3 is 0 Å². The van der Waals surface area contributed by atoms with Gasteiger partial charge in [-0.25, -0.2) is 9.99 Å². The predicted octanol–water partition coefficient (Wildman–Crippen LogP) is 5.40. The Balaban J connectivity index is 2.07. The number of nitrogens with zero attached hydrogens (tertiary/aromatic N) is 4. The summed E-state index contributed by atoms with van der Waals surface area (Å²) in [4.78, 5) is 22.6. The van der Waals surface area contributed by atoms with Crippen LogP contribution in [0, 0.1) is 0 Å². The number of thioether (sulfide) groups is 1. The normalized spacial score (nSPS) is 16.1. The van der Waals surface area contributed by atoms with Crippen LogP contribution in [-0.4, -0.2) is 28.8 Å². The van der Waals surface area contributed by atoms with Gasteiger partial charge in [-0.2, -0.15) is 5.10 Å². The fourth-order valence-corrected chi connectivity index (χ4v) is 5.64. The highest BCUT2D eigenvalue weighted by atomic mass is 32.2. The summed E-state index contributed by atoms with van der Waals surface area (Å²) in [5.74, 6) is 1.30. The molecule has 1 aromatic heterocycles. The van der Waals surface area contributed by atoms with Gasteiger partial charge in [0.05, 0.1) is 11.6 Å². The van der Waals surface area contributed by atoms with E-state index in [9.17, 15) is 4.79 Å². The van der Waals surface area contributed by atoms with E-state index in [1.807, 2.05) is 67.6 Å². The van der Waals surface area contributed by atoms with Gasteiger partial charge in [-0.1, -0.05) is 78.6 Å². The third-order valence-electron chi connectivity index (χ3n) is 4.89. The Labute approximate surface area is 190 Å². The zero-order valence-corrected chi connectivity index (χ0v) is 19.4. The van der Waals surface area contributed by atoms with Crippen LogP contribution >= 0.6 is 23.1 Å². The SMILES string of the molecule is CCN=c1sc(SCC)nc2c1C(c1ccccc1)C(C(C)=O)=NN2c1ccccc1. The van der Waals surface area contributed by atoms with Gasteiger partial charge in [0.2, 0.25) is 0 Å². The average molecular weight is 449 g/mol. The Morgan fingerprint density at radius 1 is 1.10 bits per heavy atom. The molecule has 31 heavy (non-hydrogen) atoms. The van der Waals surface area contributed by atoms with Crippen molar-refractivity contribution in [2.24, 2.45) is 10.1 Å². The van der Waals surface area contributed by atoms with Crippen LogP contribution in [0.3, 0.4) is 0 Å². The summed E-state index contributed by atoms with van der Waals surface area (Å²) in [6, 6.07) is 19.9. The molecular formula is C24H24N4OS2. The number of carbonyl (C=O) groups excluding carboxylic acids is 1. The van der Waals surface area contributed by atoms with Gasteiger partial charge in [0, 0.05) is 19.0 Å². The van der Waals surface area contributed by atoms with Crippen molar-refractivity contribution in [1.29, 1.82) is 0 Å². The predicted molar refractivity (Wildman–Crippen MR) is 130 cm³/mol. The van der Waals surface area contributed by atoms with Crippen LogP contribution in [-0.2, 0) is 4.79 Å². The highest BCUT2D eigenvalue weighted by Crippen LogP contribution is 2.40. The largest absolute Gasteiger partial charge is 0.293 e. The third kappa shape index (κ3) is 4.34. The first-order chi connectivity index (χ1) is 15.1. The molecule has 0 saturated heterocycles. The number of carbonyl (C=O) groups is 1. The van der Waals surface area contributed by atoms with Crippen molar-refractivity contribution in [2.45, 2.75) is 31.0 Å². The maximum atomic E-state index is 12.8. The summed E-state index contributed by atoms with van der Waals surface area (Å²) < 4.78 is 1.86. The number of hydrogen-bond acceptors (Lipinski definition) is 7. The van der Waals surface area contributed by atoms with Gasteiger partial charge in [-0.3, -0.25) is 9.79 Å². The minimum atomic E-state index is -0.302. The topological polar surface area (TPSA) is 57.9 Å². The minimum absolute atomic E-state index is 0.0557. The van der Waals surface area contributed by atoms with Crippen LogP contribution in [0.15, 0.2) is 75.1 Å². The molecule has 2 aromatic carbocycles. The molecule has 2 heterocycles. The van der Waals surface area contributed by atoms with E-state index in [0.29, 0.717) is 12.3 Å². The van der Waals surface area contributed by atoms with Crippen molar-refractivity contribution in [3.8, 4) is 0 Å². The van der Waals surface area contributed by atoms with Crippen molar-refractivity contribution in [3.63, 3.8) is 0 Å². The molecule has 7 heteroatoms. The molecule has 0 fully saturated rings. The number of hydrogen-bond donors (Lipinski definition) is 0. The summed E-state index contributed by atoms with van der Waals surface area (Å²) >= 11 is 3.28. The van der Waals surface area contributed by atoms with Crippen LogP contribution in [0.25, 0.3) is 0 Å². The molecule has 0 saturated carbocycles. The first-order valence-corrected chi connectivity index (χ1v) is 12.1. The molecule has 0 radical (unpaired) electrons. The Morgan fingerprint density at radius 3 is 2.39 bits per heavy atom. The number of fused-ring (bicyclic) bond motifs is 1. The maximum Gasteiger partial charge on any atom is 0.176 e. The molecule has 158 valence electrons. The van der Waals surface area contributed by atoms with Gasteiger partial charge in [-0.05, 0) is 30.4 Å². The molecule has 1 unspecified atom stereocenters. The lowest BCUT2D eigenvalue weighted by Crippen LogP contribution is -2.35. The van der Waals surface area contributed by atoms with E-state index in [0.717, 1.165) is 37.4 Å². The molecule has 0 N–H and O–H groups in total. The molecule has 0 bridgehead atoms. The van der Waals surface area contributed by atoms with E-state index >= 15 is 0 Å². The third-order valence-corrected chi connectivity index (χ3v) is 6.93. The molecule has 0 spiro atoms. The summed E-state index contributed by atoms with van der Waals surface area (Å²) in [5.41, 5.74) is 3.33. The van der Waals surface area contributed by atoms with Gasteiger partial charge in [0.15, 0.2) is 15.9 Å². The standard InChI is InChI=1S/C24H24N4OS2/c1-4-25-23-20-19(17-12-8-6-9-13-17)21(16(3)29)27-28(18-14-10-7-11-15-18)22(20)26-24(31-23)30-5-2/h6-15,19H,4-5H2,1-3H3. The van der Waals surface area contributed by atoms with E-state index in [1.165, 1.54) is 0 Å². The zero-order valence-electron chi connectivity index (χ0n) is 17.8. The zero-order chi connectivity index (χ0) is 21.8.